The maximum atomic E-state index is 12.8. The number of Topliss-reactive ketones (excluding diaryl/α,β-unsaturated/α-hetero) is 1. The molecule has 0 fully saturated rings. The summed E-state index contributed by atoms with van der Waals surface area (Å²) in [5.74, 6) is 0.141. The Balaban J connectivity index is 2.01. The third kappa shape index (κ3) is 2.19. The average Bonchev–Trinajstić information content (AvgIpc) is 2.99. The fourth-order valence-corrected chi connectivity index (χ4v) is 4.21. The van der Waals surface area contributed by atoms with Gasteiger partial charge in [0.2, 0.25) is 0 Å². The molecule has 102 valence electrons. The first-order valence-corrected chi connectivity index (χ1v) is 7.44. The Bertz CT molecular complexity index is 669. The van der Waals surface area contributed by atoms with Crippen molar-refractivity contribution >= 4 is 29.1 Å². The molecule has 0 saturated carbocycles. The predicted molar refractivity (Wildman–Crippen MR) is 81.4 cm³/mol. The SMILES string of the molecule is C=CCC1(Cn2ccnc2)Sc2cc(Cl)ccc2C1=O. The maximum Gasteiger partial charge on any atom is 0.182 e. The van der Waals surface area contributed by atoms with E-state index in [1.54, 1.807) is 36.4 Å². The number of fused-ring (bicyclic) bond motifs is 1. The van der Waals surface area contributed by atoms with Crippen LogP contribution in [0.2, 0.25) is 5.02 Å². The van der Waals surface area contributed by atoms with Crippen LogP contribution < -0.4 is 0 Å². The van der Waals surface area contributed by atoms with Crippen LogP contribution in [-0.4, -0.2) is 20.1 Å². The summed E-state index contributed by atoms with van der Waals surface area (Å²) in [6, 6.07) is 5.43. The number of thioether (sulfide) groups is 1. The van der Waals surface area contributed by atoms with Gasteiger partial charge in [0.05, 0.1) is 6.33 Å². The molecule has 0 bridgehead atoms. The molecule has 2 aromatic rings. The highest BCUT2D eigenvalue weighted by molar-refractivity contribution is 8.02. The molecular formula is C15H13ClN2OS. The lowest BCUT2D eigenvalue weighted by Gasteiger charge is -2.25. The molecule has 5 heteroatoms. The second-order valence-electron chi connectivity index (χ2n) is 4.79. The lowest BCUT2D eigenvalue weighted by Crippen LogP contribution is -2.35. The number of rotatable bonds is 4. The molecule has 1 unspecified atom stereocenters. The van der Waals surface area contributed by atoms with Gasteiger partial charge in [-0.05, 0) is 24.6 Å². The molecular weight excluding hydrogens is 292 g/mol. The van der Waals surface area contributed by atoms with E-state index < -0.39 is 4.75 Å². The molecule has 0 radical (unpaired) electrons. The van der Waals surface area contributed by atoms with E-state index in [0.717, 1.165) is 10.5 Å². The van der Waals surface area contributed by atoms with E-state index in [4.69, 9.17) is 11.6 Å². The van der Waals surface area contributed by atoms with Crippen LogP contribution in [-0.2, 0) is 6.54 Å². The van der Waals surface area contributed by atoms with Crippen LogP contribution in [0.15, 0.2) is 54.5 Å². The summed E-state index contributed by atoms with van der Waals surface area (Å²) >= 11 is 7.60. The summed E-state index contributed by atoms with van der Waals surface area (Å²) in [5, 5.41) is 0.654. The first-order chi connectivity index (χ1) is 9.64. The molecule has 1 aromatic heterocycles. The van der Waals surface area contributed by atoms with Gasteiger partial charge in [-0.3, -0.25) is 4.79 Å². The Morgan fingerprint density at radius 2 is 2.35 bits per heavy atom. The quantitative estimate of drug-likeness (QED) is 0.805. The smallest absolute Gasteiger partial charge is 0.182 e. The Labute approximate surface area is 126 Å². The van der Waals surface area contributed by atoms with Crippen LogP contribution in [0, 0.1) is 0 Å². The highest BCUT2D eigenvalue weighted by Gasteiger charge is 2.45. The van der Waals surface area contributed by atoms with Gasteiger partial charge in [-0.2, -0.15) is 0 Å². The fourth-order valence-electron chi connectivity index (χ4n) is 2.48. The second-order valence-corrected chi connectivity index (χ2v) is 6.66. The van der Waals surface area contributed by atoms with Crippen molar-refractivity contribution in [1.82, 2.24) is 9.55 Å². The predicted octanol–water partition coefficient (Wildman–Crippen LogP) is 3.84. The molecule has 1 aliphatic heterocycles. The van der Waals surface area contributed by atoms with Crippen LogP contribution >= 0.6 is 23.4 Å². The van der Waals surface area contributed by atoms with Crippen molar-refractivity contribution in [1.29, 1.82) is 0 Å². The number of carbonyl (C=O) groups excluding carboxylic acids is 1. The molecule has 0 aliphatic carbocycles. The number of hydrogen-bond acceptors (Lipinski definition) is 3. The van der Waals surface area contributed by atoms with Gasteiger partial charge < -0.3 is 4.57 Å². The Kier molecular flexibility index (Phi) is 3.44. The number of aromatic nitrogens is 2. The van der Waals surface area contributed by atoms with Gasteiger partial charge in [0.25, 0.3) is 0 Å². The zero-order chi connectivity index (χ0) is 14.2. The fraction of sp³-hybridized carbons (Fsp3) is 0.200. The number of hydrogen-bond donors (Lipinski definition) is 0. The van der Waals surface area contributed by atoms with Crippen molar-refractivity contribution in [2.45, 2.75) is 22.6 Å². The van der Waals surface area contributed by atoms with Gasteiger partial charge in [-0.1, -0.05) is 17.7 Å². The molecule has 2 heterocycles. The van der Waals surface area contributed by atoms with E-state index >= 15 is 0 Å². The average molecular weight is 305 g/mol. The third-order valence-electron chi connectivity index (χ3n) is 3.38. The molecule has 3 rings (SSSR count). The van der Waals surface area contributed by atoms with Crippen molar-refractivity contribution in [2.75, 3.05) is 0 Å². The van der Waals surface area contributed by atoms with Gasteiger partial charge in [0.15, 0.2) is 5.78 Å². The monoisotopic (exact) mass is 304 g/mol. The topological polar surface area (TPSA) is 34.9 Å². The number of nitrogens with zero attached hydrogens (tertiary/aromatic N) is 2. The zero-order valence-corrected chi connectivity index (χ0v) is 12.3. The van der Waals surface area contributed by atoms with Crippen molar-refractivity contribution in [3.05, 3.63) is 60.2 Å². The first-order valence-electron chi connectivity index (χ1n) is 6.25. The van der Waals surface area contributed by atoms with Gasteiger partial charge in [0.1, 0.15) is 4.75 Å². The highest BCUT2D eigenvalue weighted by Crippen LogP contribution is 2.48. The van der Waals surface area contributed by atoms with Crippen LogP contribution in [0.4, 0.5) is 0 Å². The van der Waals surface area contributed by atoms with E-state index in [1.807, 2.05) is 22.9 Å². The molecule has 0 amide bonds. The van der Waals surface area contributed by atoms with Gasteiger partial charge in [-0.15, -0.1) is 18.3 Å². The van der Waals surface area contributed by atoms with Crippen LogP contribution in [0.5, 0.6) is 0 Å². The summed E-state index contributed by atoms with van der Waals surface area (Å²) in [7, 11) is 0. The summed E-state index contributed by atoms with van der Waals surface area (Å²) in [6.45, 7) is 4.37. The van der Waals surface area contributed by atoms with E-state index in [1.165, 1.54) is 0 Å². The Morgan fingerprint density at radius 1 is 1.50 bits per heavy atom. The molecule has 0 saturated heterocycles. The van der Waals surface area contributed by atoms with Gasteiger partial charge in [0, 0.05) is 34.4 Å². The van der Waals surface area contributed by atoms with Crippen LogP contribution in [0.1, 0.15) is 16.8 Å². The number of allylic oxidation sites excluding steroid dienone is 1. The van der Waals surface area contributed by atoms with Crippen molar-refractivity contribution in [3.63, 3.8) is 0 Å². The second kappa shape index (κ2) is 5.11. The van der Waals surface area contributed by atoms with E-state index in [-0.39, 0.29) is 5.78 Å². The molecule has 1 aromatic carbocycles. The molecule has 20 heavy (non-hydrogen) atoms. The maximum absolute atomic E-state index is 12.8. The Hall–Kier alpha value is -1.52. The molecule has 3 nitrogen and oxygen atoms in total. The van der Waals surface area contributed by atoms with Crippen molar-refractivity contribution < 1.29 is 4.79 Å². The first kappa shape index (κ1) is 13.5. The van der Waals surface area contributed by atoms with Crippen LogP contribution in [0.25, 0.3) is 0 Å². The number of ketones is 1. The van der Waals surface area contributed by atoms with E-state index in [0.29, 0.717) is 18.0 Å². The summed E-state index contributed by atoms with van der Waals surface area (Å²) in [4.78, 5) is 17.8. The van der Waals surface area contributed by atoms with Crippen molar-refractivity contribution in [3.8, 4) is 0 Å². The normalized spacial score (nSPS) is 20.9. The lowest BCUT2D eigenvalue weighted by molar-refractivity contribution is 0.0937. The summed E-state index contributed by atoms with van der Waals surface area (Å²) in [6.07, 6.45) is 7.73. The molecule has 1 atom stereocenters. The van der Waals surface area contributed by atoms with Crippen LogP contribution in [0.3, 0.4) is 0 Å². The number of halogens is 1. The van der Waals surface area contributed by atoms with Gasteiger partial charge in [-0.25, -0.2) is 4.98 Å². The zero-order valence-electron chi connectivity index (χ0n) is 10.8. The van der Waals surface area contributed by atoms with Crippen molar-refractivity contribution in [2.24, 2.45) is 0 Å². The number of benzene rings is 1. The molecule has 1 aliphatic rings. The number of carbonyl (C=O) groups is 1. The van der Waals surface area contributed by atoms with Gasteiger partial charge >= 0.3 is 0 Å². The minimum absolute atomic E-state index is 0.141. The van der Waals surface area contributed by atoms with E-state index in [2.05, 4.69) is 11.6 Å². The summed E-state index contributed by atoms with van der Waals surface area (Å²) < 4.78 is 1.39. The number of imidazole rings is 1. The summed E-state index contributed by atoms with van der Waals surface area (Å²) in [5.41, 5.74) is 0.751. The molecule has 0 N–H and O–H groups in total. The molecule has 0 spiro atoms. The standard InChI is InChI=1S/C15H13ClN2OS/c1-2-5-15(9-18-7-6-17-10-18)14(19)12-4-3-11(16)8-13(12)20-15/h2-4,6-8,10H,1,5,9H2. The minimum Gasteiger partial charge on any atom is -0.336 e. The largest absolute Gasteiger partial charge is 0.336 e. The Morgan fingerprint density at radius 3 is 3.05 bits per heavy atom. The van der Waals surface area contributed by atoms with E-state index in [9.17, 15) is 4.79 Å². The highest BCUT2D eigenvalue weighted by atomic mass is 35.5. The third-order valence-corrected chi connectivity index (χ3v) is 5.04. The minimum atomic E-state index is -0.546. The lowest BCUT2D eigenvalue weighted by atomic mass is 9.94.